The Morgan fingerprint density at radius 3 is 2.59 bits per heavy atom. The number of Topliss-reactive ketones (excluding diaryl/α,β-unsaturated/α-hetero) is 1. The number of rotatable bonds is 4. The van der Waals surface area contributed by atoms with E-state index in [1.807, 2.05) is 37.3 Å². The third-order valence-electron chi connectivity index (χ3n) is 11.1. The highest BCUT2D eigenvalue weighted by Crippen LogP contribution is 2.74. The molecular weight excluding hydrogens is 476 g/mol. The van der Waals surface area contributed by atoms with Crippen LogP contribution in [0.4, 0.5) is 8.78 Å². The second-order valence-corrected chi connectivity index (χ2v) is 12.5. The number of aliphatic hydroxyl groups is 2. The van der Waals surface area contributed by atoms with Gasteiger partial charge in [-0.2, -0.15) is 0 Å². The number of benzene rings is 1. The van der Waals surface area contributed by atoms with Crippen LogP contribution in [0.2, 0.25) is 0 Å². The fourth-order valence-electron chi connectivity index (χ4n) is 9.48. The van der Waals surface area contributed by atoms with E-state index >= 15 is 8.78 Å². The van der Waals surface area contributed by atoms with Crippen LogP contribution in [0.25, 0.3) is 0 Å². The SMILES string of the molecule is CC12C=CC(=O)C=C1C(F)CC1C3CC4CN(Cc5ccccc5)CC4(C(=O)CO)C3(C)CC(O)C12F. The average Bonchev–Trinajstić information content (AvgIpc) is 3.34. The lowest BCUT2D eigenvalue weighted by Gasteiger charge is -2.63. The molecule has 4 aliphatic carbocycles. The van der Waals surface area contributed by atoms with Crippen LogP contribution in [-0.2, 0) is 16.1 Å². The molecule has 9 unspecified atom stereocenters. The molecule has 0 radical (unpaired) electrons. The summed E-state index contributed by atoms with van der Waals surface area (Å²) in [5, 5.41) is 21.7. The van der Waals surface area contributed by atoms with E-state index in [1.165, 1.54) is 18.2 Å². The smallest absolute Gasteiger partial charge is 0.178 e. The van der Waals surface area contributed by atoms with Crippen LogP contribution in [0, 0.1) is 34.0 Å². The molecule has 0 amide bonds. The predicted octanol–water partition coefficient (Wildman–Crippen LogP) is 3.59. The standard InChI is InChI=1S/C30H35F2NO4/c1-27-9-8-20(35)11-23(27)24(31)12-22-21-10-19-15-33(14-18-6-4-3-5-7-18)17-29(19,26(37)16-34)28(21,2)13-25(36)30(22,27)32/h3-9,11,19,21-22,24-25,34,36H,10,12-17H2,1-2H3. The van der Waals surface area contributed by atoms with Crippen molar-refractivity contribution in [2.24, 2.45) is 34.0 Å². The van der Waals surface area contributed by atoms with Crippen molar-refractivity contribution >= 4 is 11.6 Å². The first-order valence-corrected chi connectivity index (χ1v) is 13.4. The molecule has 1 aromatic carbocycles. The average molecular weight is 512 g/mol. The summed E-state index contributed by atoms with van der Waals surface area (Å²) >= 11 is 0. The summed E-state index contributed by atoms with van der Waals surface area (Å²) in [5.41, 5.74) is -4.10. The fraction of sp³-hybridized carbons (Fsp3) is 0.600. The van der Waals surface area contributed by atoms with Gasteiger partial charge in [0.15, 0.2) is 17.2 Å². The number of allylic oxidation sites excluding steroid dienone is 4. The highest BCUT2D eigenvalue weighted by molar-refractivity contribution is 6.01. The van der Waals surface area contributed by atoms with Crippen molar-refractivity contribution in [3.8, 4) is 0 Å². The lowest BCUT2D eigenvalue weighted by Crippen LogP contribution is -2.69. The molecule has 0 spiro atoms. The topological polar surface area (TPSA) is 77.8 Å². The van der Waals surface area contributed by atoms with Gasteiger partial charge < -0.3 is 10.2 Å². The number of nitrogens with zero attached hydrogens (tertiary/aromatic N) is 1. The third kappa shape index (κ3) is 3.05. The first kappa shape index (κ1) is 25.1. The maximum Gasteiger partial charge on any atom is 0.178 e. The molecule has 0 bridgehead atoms. The van der Waals surface area contributed by atoms with E-state index in [0.717, 1.165) is 5.56 Å². The molecule has 5 nitrogen and oxygen atoms in total. The number of fused-ring (bicyclic) bond motifs is 7. The highest BCUT2D eigenvalue weighted by atomic mass is 19.1. The number of carbonyl (C=O) groups excluding carboxylic acids is 2. The van der Waals surface area contributed by atoms with Gasteiger partial charge >= 0.3 is 0 Å². The summed E-state index contributed by atoms with van der Waals surface area (Å²) in [6, 6.07) is 9.99. The van der Waals surface area contributed by atoms with Gasteiger partial charge in [-0.05, 0) is 66.7 Å². The number of carbonyl (C=O) groups is 2. The summed E-state index contributed by atoms with van der Waals surface area (Å²) in [6.07, 6.45) is 1.45. The number of alkyl halides is 2. The lowest BCUT2D eigenvalue weighted by atomic mass is 9.43. The summed E-state index contributed by atoms with van der Waals surface area (Å²) in [4.78, 5) is 27.9. The van der Waals surface area contributed by atoms with Crippen LogP contribution in [-0.4, -0.2) is 64.3 Å². The Balaban J connectivity index is 1.41. The highest BCUT2D eigenvalue weighted by Gasteiger charge is 2.78. The van der Waals surface area contributed by atoms with Gasteiger partial charge in [0.1, 0.15) is 12.8 Å². The second-order valence-electron chi connectivity index (χ2n) is 12.5. The number of likely N-dealkylation sites (tertiary alicyclic amines) is 1. The predicted molar refractivity (Wildman–Crippen MR) is 134 cm³/mol. The molecule has 4 fully saturated rings. The quantitative estimate of drug-likeness (QED) is 0.646. The molecule has 198 valence electrons. The van der Waals surface area contributed by atoms with Crippen molar-refractivity contribution in [3.05, 3.63) is 59.7 Å². The van der Waals surface area contributed by atoms with Gasteiger partial charge in [0, 0.05) is 31.0 Å². The van der Waals surface area contributed by atoms with Gasteiger partial charge in [-0.25, -0.2) is 8.78 Å². The molecule has 1 saturated heterocycles. The van der Waals surface area contributed by atoms with Crippen LogP contribution in [0.1, 0.15) is 38.7 Å². The molecular formula is C30H35F2NO4. The molecule has 2 N–H and O–H groups in total. The van der Waals surface area contributed by atoms with Crippen molar-refractivity contribution in [3.63, 3.8) is 0 Å². The number of hydrogen-bond acceptors (Lipinski definition) is 5. The second kappa shape index (κ2) is 8.14. The van der Waals surface area contributed by atoms with E-state index in [1.54, 1.807) is 6.92 Å². The molecule has 7 heteroatoms. The maximum absolute atomic E-state index is 17.4. The normalized spacial score (nSPS) is 46.6. The Kier molecular flexibility index (Phi) is 5.52. The van der Waals surface area contributed by atoms with Crippen LogP contribution >= 0.6 is 0 Å². The molecule has 0 aromatic heterocycles. The molecule has 1 heterocycles. The summed E-state index contributed by atoms with van der Waals surface area (Å²) in [7, 11) is 0. The van der Waals surface area contributed by atoms with E-state index in [0.29, 0.717) is 26.1 Å². The van der Waals surface area contributed by atoms with E-state index in [2.05, 4.69) is 4.90 Å². The van der Waals surface area contributed by atoms with Crippen molar-refractivity contribution in [2.75, 3.05) is 19.7 Å². The van der Waals surface area contributed by atoms with Crippen LogP contribution in [0.15, 0.2) is 54.1 Å². The summed E-state index contributed by atoms with van der Waals surface area (Å²) in [6.45, 7) is 4.66. The van der Waals surface area contributed by atoms with Gasteiger partial charge in [-0.3, -0.25) is 14.5 Å². The molecule has 5 aliphatic rings. The first-order chi connectivity index (χ1) is 17.5. The zero-order valence-corrected chi connectivity index (χ0v) is 21.4. The maximum atomic E-state index is 17.4. The summed E-state index contributed by atoms with van der Waals surface area (Å²) in [5.74, 6) is -1.89. The van der Waals surface area contributed by atoms with Gasteiger partial charge in [-0.1, -0.05) is 43.3 Å². The molecule has 6 rings (SSSR count). The van der Waals surface area contributed by atoms with Crippen LogP contribution in [0.5, 0.6) is 0 Å². The van der Waals surface area contributed by atoms with Gasteiger partial charge in [0.05, 0.1) is 11.5 Å². The van der Waals surface area contributed by atoms with Crippen molar-refractivity contribution < 1.29 is 28.6 Å². The fourth-order valence-corrected chi connectivity index (χ4v) is 9.48. The number of halogens is 2. The Morgan fingerprint density at radius 1 is 1.16 bits per heavy atom. The van der Waals surface area contributed by atoms with Gasteiger partial charge in [-0.15, -0.1) is 0 Å². The largest absolute Gasteiger partial charge is 0.390 e. The van der Waals surface area contributed by atoms with Gasteiger partial charge in [0.25, 0.3) is 0 Å². The monoisotopic (exact) mass is 511 g/mol. The third-order valence-corrected chi connectivity index (χ3v) is 11.1. The summed E-state index contributed by atoms with van der Waals surface area (Å²) < 4.78 is 33.1. The Labute approximate surface area is 216 Å². The molecule has 9 atom stereocenters. The van der Waals surface area contributed by atoms with E-state index < -0.39 is 46.7 Å². The van der Waals surface area contributed by atoms with Crippen molar-refractivity contribution in [1.82, 2.24) is 4.90 Å². The van der Waals surface area contributed by atoms with Crippen LogP contribution < -0.4 is 0 Å². The van der Waals surface area contributed by atoms with E-state index in [9.17, 15) is 19.8 Å². The minimum atomic E-state index is -2.16. The Bertz CT molecular complexity index is 1200. The molecule has 1 aliphatic heterocycles. The molecule has 1 aromatic rings. The molecule has 37 heavy (non-hydrogen) atoms. The van der Waals surface area contributed by atoms with Gasteiger partial charge in [0.2, 0.25) is 0 Å². The van der Waals surface area contributed by atoms with E-state index in [-0.39, 0.29) is 41.8 Å². The lowest BCUT2D eigenvalue weighted by molar-refractivity contribution is -0.212. The zero-order valence-electron chi connectivity index (χ0n) is 21.4. The van der Waals surface area contributed by atoms with Crippen LogP contribution in [0.3, 0.4) is 0 Å². The number of aliphatic hydroxyl groups excluding tert-OH is 2. The zero-order chi connectivity index (χ0) is 26.4. The minimum Gasteiger partial charge on any atom is -0.390 e. The number of hydrogen-bond donors (Lipinski definition) is 2. The minimum absolute atomic E-state index is 0.0493. The first-order valence-electron chi connectivity index (χ1n) is 13.4. The number of ketones is 2. The van der Waals surface area contributed by atoms with Crippen molar-refractivity contribution in [1.29, 1.82) is 0 Å². The van der Waals surface area contributed by atoms with E-state index in [4.69, 9.17) is 0 Å². The Morgan fingerprint density at radius 2 is 1.89 bits per heavy atom. The Hall–Kier alpha value is -2.22. The van der Waals surface area contributed by atoms with Crippen molar-refractivity contribution in [2.45, 2.75) is 57.6 Å². The molecule has 3 saturated carbocycles.